The molecule has 0 aromatic rings. The van der Waals surface area contributed by atoms with Crippen LogP contribution in [-0.4, -0.2) is 48.3 Å². The highest BCUT2D eigenvalue weighted by atomic mass is 16.6. The highest BCUT2D eigenvalue weighted by molar-refractivity contribution is 5.75. The predicted octanol–water partition coefficient (Wildman–Crippen LogP) is 1.67. The number of amides is 1. The van der Waals surface area contributed by atoms with E-state index in [0.717, 1.165) is 25.7 Å². The zero-order chi connectivity index (χ0) is 17.0. The van der Waals surface area contributed by atoms with Gasteiger partial charge in [0.15, 0.2) is 0 Å². The maximum absolute atomic E-state index is 12.1. The number of fused-ring (bicyclic) bond motifs is 1. The van der Waals surface area contributed by atoms with E-state index in [4.69, 9.17) is 21.6 Å². The molecule has 2 aliphatic rings. The van der Waals surface area contributed by atoms with Crippen molar-refractivity contribution in [3.63, 3.8) is 0 Å². The minimum absolute atomic E-state index is 0.0301. The monoisotopic (exact) mass is 322 g/mol. The number of carbonyl (C=O) groups excluding carboxylic acids is 2. The van der Waals surface area contributed by atoms with Crippen molar-refractivity contribution in [3.05, 3.63) is 0 Å². The summed E-state index contributed by atoms with van der Waals surface area (Å²) in [5.41, 5.74) is 5.84. The average Bonchev–Trinajstić information content (AvgIpc) is 2.94. The number of likely N-dealkylation sites (tertiary alicyclic amines) is 1. The summed E-state index contributed by atoms with van der Waals surface area (Å²) >= 11 is 0. The third-order valence-electron chi connectivity index (χ3n) is 4.90. The SMILES string of the molecule is C#CC1C[C@H]2[C@@H](OC(=O)C(N)CCC)CCC[C@H]2N1C(=O)OC. The summed E-state index contributed by atoms with van der Waals surface area (Å²) in [6.07, 6.45) is 9.55. The fraction of sp³-hybridized carbons (Fsp3) is 0.765. The Hall–Kier alpha value is -1.74. The van der Waals surface area contributed by atoms with Crippen molar-refractivity contribution in [3.8, 4) is 12.3 Å². The van der Waals surface area contributed by atoms with Crippen LogP contribution in [0.25, 0.3) is 0 Å². The van der Waals surface area contributed by atoms with Crippen LogP contribution >= 0.6 is 0 Å². The third kappa shape index (κ3) is 3.61. The summed E-state index contributed by atoms with van der Waals surface area (Å²) in [6, 6.07) is -0.916. The molecule has 2 unspecified atom stereocenters. The molecule has 0 aromatic heterocycles. The molecular formula is C17H26N2O4. The van der Waals surface area contributed by atoms with E-state index < -0.39 is 12.1 Å². The molecule has 0 spiro atoms. The zero-order valence-corrected chi connectivity index (χ0v) is 13.9. The lowest BCUT2D eigenvalue weighted by molar-refractivity contribution is -0.156. The predicted molar refractivity (Wildman–Crippen MR) is 85.4 cm³/mol. The molecule has 1 aliphatic carbocycles. The van der Waals surface area contributed by atoms with Gasteiger partial charge < -0.3 is 15.2 Å². The number of nitrogens with zero attached hydrogens (tertiary/aromatic N) is 1. The van der Waals surface area contributed by atoms with Crippen LogP contribution in [0, 0.1) is 18.3 Å². The Labute approximate surface area is 137 Å². The van der Waals surface area contributed by atoms with Gasteiger partial charge in [0.25, 0.3) is 0 Å². The number of carbonyl (C=O) groups is 2. The Balaban J connectivity index is 2.09. The maximum Gasteiger partial charge on any atom is 0.410 e. The second kappa shape index (κ2) is 7.69. The first-order valence-corrected chi connectivity index (χ1v) is 8.31. The molecule has 1 aliphatic heterocycles. The molecule has 1 saturated carbocycles. The maximum atomic E-state index is 12.1. The second-order valence-electron chi connectivity index (χ2n) is 6.33. The largest absolute Gasteiger partial charge is 0.461 e. The van der Waals surface area contributed by atoms with Crippen molar-refractivity contribution in [2.24, 2.45) is 11.7 Å². The van der Waals surface area contributed by atoms with Crippen molar-refractivity contribution in [1.29, 1.82) is 0 Å². The smallest absolute Gasteiger partial charge is 0.410 e. The fourth-order valence-corrected chi connectivity index (χ4v) is 3.79. The molecule has 6 nitrogen and oxygen atoms in total. The summed E-state index contributed by atoms with van der Waals surface area (Å²) < 4.78 is 10.5. The van der Waals surface area contributed by atoms with Gasteiger partial charge in [-0.25, -0.2) is 4.79 Å². The van der Waals surface area contributed by atoms with Crippen LogP contribution in [0.15, 0.2) is 0 Å². The van der Waals surface area contributed by atoms with Gasteiger partial charge >= 0.3 is 12.1 Å². The highest BCUT2D eigenvalue weighted by Gasteiger charge is 2.49. The molecule has 23 heavy (non-hydrogen) atoms. The van der Waals surface area contributed by atoms with Crippen LogP contribution in [0.2, 0.25) is 0 Å². The number of methoxy groups -OCH3 is 1. The van der Waals surface area contributed by atoms with Crippen LogP contribution in [0.4, 0.5) is 4.79 Å². The number of ether oxygens (including phenoxy) is 2. The van der Waals surface area contributed by atoms with Gasteiger partial charge in [-0.15, -0.1) is 6.42 Å². The number of rotatable bonds is 4. The van der Waals surface area contributed by atoms with E-state index in [2.05, 4.69) is 5.92 Å². The first-order valence-electron chi connectivity index (χ1n) is 8.31. The lowest BCUT2D eigenvalue weighted by Crippen LogP contribution is -2.47. The molecular weight excluding hydrogens is 296 g/mol. The lowest BCUT2D eigenvalue weighted by Gasteiger charge is -2.36. The number of nitrogens with two attached hydrogens (primary N) is 1. The molecule has 6 heteroatoms. The normalized spacial score (nSPS) is 31.0. The van der Waals surface area contributed by atoms with Crippen LogP contribution in [0.1, 0.15) is 45.4 Å². The third-order valence-corrected chi connectivity index (χ3v) is 4.90. The molecule has 1 amide bonds. The Morgan fingerprint density at radius 2 is 2.17 bits per heavy atom. The van der Waals surface area contributed by atoms with Crippen LogP contribution in [-0.2, 0) is 14.3 Å². The van der Waals surface area contributed by atoms with E-state index in [9.17, 15) is 9.59 Å². The number of terminal acetylenes is 1. The Morgan fingerprint density at radius 1 is 1.43 bits per heavy atom. The van der Waals surface area contributed by atoms with E-state index in [1.54, 1.807) is 4.90 Å². The topological polar surface area (TPSA) is 81.9 Å². The Bertz CT molecular complexity index is 487. The van der Waals surface area contributed by atoms with Crippen molar-refractivity contribution >= 4 is 12.1 Å². The summed E-state index contributed by atoms with van der Waals surface area (Å²) in [4.78, 5) is 25.8. The Kier molecular flexibility index (Phi) is 5.89. The molecule has 1 saturated heterocycles. The highest BCUT2D eigenvalue weighted by Crippen LogP contribution is 2.41. The van der Waals surface area contributed by atoms with Gasteiger partial charge in [0.1, 0.15) is 12.1 Å². The minimum Gasteiger partial charge on any atom is -0.461 e. The average molecular weight is 322 g/mol. The van der Waals surface area contributed by atoms with Crippen molar-refractivity contribution in [2.45, 2.75) is 69.7 Å². The molecule has 0 radical (unpaired) electrons. The van der Waals surface area contributed by atoms with Gasteiger partial charge in [-0.3, -0.25) is 9.69 Å². The number of esters is 1. The second-order valence-corrected chi connectivity index (χ2v) is 6.33. The quantitative estimate of drug-likeness (QED) is 0.629. The molecule has 0 aromatic carbocycles. The van der Waals surface area contributed by atoms with Gasteiger partial charge in [-0.05, 0) is 32.1 Å². The molecule has 128 valence electrons. The summed E-state index contributed by atoms with van der Waals surface area (Å²) in [5, 5.41) is 0. The van der Waals surface area contributed by atoms with Crippen molar-refractivity contribution < 1.29 is 19.1 Å². The van der Waals surface area contributed by atoms with Crippen LogP contribution in [0.3, 0.4) is 0 Å². The standard InChI is InChI=1S/C17H26N2O4/c1-4-7-13(18)16(20)23-15-9-6-8-14-12(15)10-11(5-2)19(14)17(21)22-3/h2,11-15H,4,6-10,18H2,1,3H3/t11?,12-,13?,14-,15+/m1/s1. The van der Waals surface area contributed by atoms with Gasteiger partial charge in [0.2, 0.25) is 0 Å². The number of hydrogen-bond donors (Lipinski definition) is 1. The van der Waals surface area contributed by atoms with Crippen molar-refractivity contribution in [2.75, 3.05) is 7.11 Å². The molecule has 1 heterocycles. The summed E-state index contributed by atoms with van der Waals surface area (Å²) in [7, 11) is 1.35. The van der Waals surface area contributed by atoms with Crippen LogP contribution < -0.4 is 5.73 Å². The lowest BCUT2D eigenvalue weighted by atomic mass is 9.82. The first-order chi connectivity index (χ1) is 11.0. The first kappa shape index (κ1) is 17.6. The molecule has 2 rings (SSSR count). The number of hydrogen-bond acceptors (Lipinski definition) is 5. The van der Waals surface area contributed by atoms with E-state index in [1.165, 1.54) is 7.11 Å². The van der Waals surface area contributed by atoms with E-state index in [-0.39, 0.29) is 30.1 Å². The molecule has 0 bridgehead atoms. The zero-order valence-electron chi connectivity index (χ0n) is 13.9. The van der Waals surface area contributed by atoms with Gasteiger partial charge in [-0.2, -0.15) is 0 Å². The fourth-order valence-electron chi connectivity index (χ4n) is 3.79. The summed E-state index contributed by atoms with van der Waals surface area (Å²) in [5.74, 6) is 2.36. The van der Waals surface area contributed by atoms with Gasteiger partial charge in [0, 0.05) is 12.0 Å². The van der Waals surface area contributed by atoms with Gasteiger partial charge in [-0.1, -0.05) is 19.3 Å². The van der Waals surface area contributed by atoms with Crippen LogP contribution in [0.5, 0.6) is 0 Å². The molecule has 5 atom stereocenters. The van der Waals surface area contributed by atoms with E-state index in [0.29, 0.717) is 12.8 Å². The van der Waals surface area contributed by atoms with Crippen molar-refractivity contribution in [1.82, 2.24) is 4.90 Å². The molecule has 2 N–H and O–H groups in total. The summed E-state index contributed by atoms with van der Waals surface area (Å²) in [6.45, 7) is 1.98. The van der Waals surface area contributed by atoms with E-state index in [1.807, 2.05) is 6.92 Å². The van der Waals surface area contributed by atoms with Gasteiger partial charge in [0.05, 0.1) is 13.2 Å². The van der Waals surface area contributed by atoms with E-state index >= 15 is 0 Å². The Morgan fingerprint density at radius 3 is 2.78 bits per heavy atom. The minimum atomic E-state index is -0.582. The molecule has 2 fully saturated rings.